The van der Waals surface area contributed by atoms with Crippen LogP contribution in [0.25, 0.3) is 0 Å². The van der Waals surface area contributed by atoms with E-state index in [1.54, 1.807) is 30.6 Å². The van der Waals surface area contributed by atoms with E-state index in [1.165, 1.54) is 0 Å². The molecule has 0 N–H and O–H groups in total. The smallest absolute Gasteiger partial charge is 0.132 e. The van der Waals surface area contributed by atoms with E-state index in [-0.39, 0.29) is 0 Å². The van der Waals surface area contributed by atoms with Crippen molar-refractivity contribution in [1.82, 2.24) is 0 Å². The van der Waals surface area contributed by atoms with Gasteiger partial charge < -0.3 is 4.74 Å². The zero-order valence-electron chi connectivity index (χ0n) is 15.8. The largest absolute Gasteiger partial charge is 0.496 e. The molecule has 0 bridgehead atoms. The van der Waals surface area contributed by atoms with Crippen molar-refractivity contribution in [2.24, 2.45) is 9.98 Å². The van der Waals surface area contributed by atoms with Crippen LogP contribution >= 0.6 is 23.5 Å². The quantitative estimate of drug-likeness (QED) is 0.481. The molecular weight excluding hydrogens is 384 g/mol. The molecule has 0 saturated carbocycles. The average molecular weight is 405 g/mol. The van der Waals surface area contributed by atoms with Gasteiger partial charge in [0.1, 0.15) is 5.75 Å². The van der Waals surface area contributed by atoms with Crippen LogP contribution in [-0.2, 0) is 0 Å². The fourth-order valence-electron chi connectivity index (χ4n) is 3.00. The molecule has 0 radical (unpaired) electrons. The summed E-state index contributed by atoms with van der Waals surface area (Å²) in [6, 6.07) is 24.7. The van der Waals surface area contributed by atoms with E-state index in [4.69, 9.17) is 14.7 Å². The summed E-state index contributed by atoms with van der Waals surface area (Å²) in [6.45, 7) is 0. The number of hydrogen-bond acceptors (Lipinski definition) is 5. The van der Waals surface area contributed by atoms with Crippen molar-refractivity contribution in [3.05, 3.63) is 78.4 Å². The van der Waals surface area contributed by atoms with Gasteiger partial charge in [0, 0.05) is 11.3 Å². The number of ether oxygens (including phenoxy) is 1. The molecule has 1 aliphatic rings. The number of methoxy groups -OCH3 is 1. The van der Waals surface area contributed by atoms with Crippen LogP contribution in [0.15, 0.2) is 92.6 Å². The summed E-state index contributed by atoms with van der Waals surface area (Å²) in [6.07, 6.45) is 2.81. The minimum atomic E-state index is 0.745. The predicted octanol–water partition coefficient (Wildman–Crippen LogP) is 6.76. The van der Waals surface area contributed by atoms with Crippen LogP contribution in [0.2, 0.25) is 0 Å². The van der Waals surface area contributed by atoms with E-state index >= 15 is 0 Å². The molecule has 0 amide bonds. The van der Waals surface area contributed by atoms with Crippen LogP contribution in [-0.4, -0.2) is 24.1 Å². The highest BCUT2D eigenvalue weighted by atomic mass is 32.2. The molecule has 3 nitrogen and oxygen atoms in total. The average Bonchev–Trinajstić information content (AvgIpc) is 2.94. The molecule has 0 unspecified atom stereocenters. The van der Waals surface area contributed by atoms with Gasteiger partial charge in [0.25, 0.3) is 0 Å². The summed E-state index contributed by atoms with van der Waals surface area (Å²) in [5.41, 5.74) is 4.01. The molecule has 0 aliphatic carbocycles. The zero-order valence-corrected chi connectivity index (χ0v) is 17.4. The maximum atomic E-state index is 5.48. The molecule has 5 heteroatoms. The molecule has 0 saturated heterocycles. The Morgan fingerprint density at radius 3 is 2.43 bits per heavy atom. The zero-order chi connectivity index (χ0) is 19.3. The van der Waals surface area contributed by atoms with Gasteiger partial charge in [-0.15, -0.1) is 11.8 Å². The van der Waals surface area contributed by atoms with Crippen molar-refractivity contribution in [1.29, 1.82) is 0 Å². The predicted molar refractivity (Wildman–Crippen MR) is 121 cm³/mol. The van der Waals surface area contributed by atoms with Gasteiger partial charge in [0.15, 0.2) is 0 Å². The highest BCUT2D eigenvalue weighted by Gasteiger charge is 2.15. The second-order valence-corrected chi connectivity index (χ2v) is 8.21. The second kappa shape index (κ2) is 8.67. The summed E-state index contributed by atoms with van der Waals surface area (Å²) in [7, 11) is 1.70. The summed E-state index contributed by atoms with van der Waals surface area (Å²) in [5.74, 6) is 0.874. The van der Waals surface area contributed by atoms with Crippen LogP contribution < -0.4 is 4.74 Å². The normalized spacial score (nSPS) is 13.2. The number of para-hydroxylation sites is 1. The Bertz CT molecular complexity index is 1050. The Morgan fingerprint density at radius 2 is 1.64 bits per heavy atom. The minimum absolute atomic E-state index is 0.745. The molecule has 4 rings (SSSR count). The van der Waals surface area contributed by atoms with Gasteiger partial charge in [-0.3, -0.25) is 4.99 Å². The number of nitrogens with zero attached hydrogens (tertiary/aromatic N) is 2. The standard InChI is InChI=1S/C23H20N2OS2/c1-26-21-10-6-7-11-22(21)28-17-12-13-18-20(14-17)24-19(15-23(25-18)27-2)16-8-4-3-5-9-16/h3-14H,15H2,1-2H3. The van der Waals surface area contributed by atoms with Gasteiger partial charge in [-0.2, -0.15) is 0 Å². The van der Waals surface area contributed by atoms with Gasteiger partial charge in [-0.25, -0.2) is 4.99 Å². The van der Waals surface area contributed by atoms with Crippen molar-refractivity contribution in [2.45, 2.75) is 16.2 Å². The van der Waals surface area contributed by atoms with E-state index in [1.807, 2.05) is 36.4 Å². The van der Waals surface area contributed by atoms with Crippen molar-refractivity contribution < 1.29 is 4.74 Å². The molecule has 0 atom stereocenters. The number of thioether (sulfide) groups is 1. The van der Waals surface area contributed by atoms with Crippen molar-refractivity contribution in [2.75, 3.05) is 13.4 Å². The molecule has 28 heavy (non-hydrogen) atoms. The molecule has 3 aromatic carbocycles. The number of aliphatic imine (C=N–C) groups is 2. The third-order valence-electron chi connectivity index (χ3n) is 4.41. The van der Waals surface area contributed by atoms with Crippen LogP contribution in [0.5, 0.6) is 5.75 Å². The molecule has 0 aromatic heterocycles. The van der Waals surface area contributed by atoms with Crippen LogP contribution in [0.1, 0.15) is 12.0 Å². The first kappa shape index (κ1) is 18.8. The maximum absolute atomic E-state index is 5.48. The summed E-state index contributed by atoms with van der Waals surface area (Å²) < 4.78 is 5.48. The Balaban J connectivity index is 1.74. The Morgan fingerprint density at radius 1 is 0.857 bits per heavy atom. The summed E-state index contributed by atoms with van der Waals surface area (Å²) in [4.78, 5) is 12.0. The van der Waals surface area contributed by atoms with E-state index in [0.717, 1.165) is 49.7 Å². The Hall–Kier alpha value is -2.50. The summed E-state index contributed by atoms with van der Waals surface area (Å²) >= 11 is 3.35. The van der Waals surface area contributed by atoms with Crippen LogP contribution in [0.4, 0.5) is 11.4 Å². The molecule has 0 spiro atoms. The molecule has 0 fully saturated rings. The topological polar surface area (TPSA) is 34.0 Å². The first-order valence-corrected chi connectivity index (χ1v) is 11.0. The van der Waals surface area contributed by atoms with E-state index in [2.05, 4.69) is 42.7 Å². The first-order chi connectivity index (χ1) is 13.8. The molecule has 1 heterocycles. The number of hydrogen-bond donors (Lipinski definition) is 0. The third-order valence-corrected chi connectivity index (χ3v) is 6.16. The van der Waals surface area contributed by atoms with Crippen LogP contribution in [0.3, 0.4) is 0 Å². The lowest BCUT2D eigenvalue weighted by Crippen LogP contribution is -2.05. The lowest BCUT2D eigenvalue weighted by Gasteiger charge is -2.09. The van der Waals surface area contributed by atoms with Crippen molar-refractivity contribution in [3.63, 3.8) is 0 Å². The van der Waals surface area contributed by atoms with Crippen molar-refractivity contribution >= 4 is 45.7 Å². The lowest BCUT2D eigenvalue weighted by molar-refractivity contribution is 0.405. The van der Waals surface area contributed by atoms with Crippen LogP contribution in [0, 0.1) is 0 Å². The van der Waals surface area contributed by atoms with Crippen molar-refractivity contribution in [3.8, 4) is 5.75 Å². The fraction of sp³-hybridized carbons (Fsp3) is 0.130. The second-order valence-electron chi connectivity index (χ2n) is 6.21. The summed E-state index contributed by atoms with van der Waals surface area (Å²) in [5, 5.41) is 1.08. The highest BCUT2D eigenvalue weighted by Crippen LogP contribution is 2.40. The Kier molecular flexibility index (Phi) is 5.84. The van der Waals surface area contributed by atoms with Gasteiger partial charge in [0.05, 0.1) is 34.1 Å². The lowest BCUT2D eigenvalue weighted by atomic mass is 10.1. The van der Waals surface area contributed by atoms with Gasteiger partial charge in [-0.1, -0.05) is 54.2 Å². The number of fused-ring (bicyclic) bond motifs is 1. The van der Waals surface area contributed by atoms with Gasteiger partial charge >= 0.3 is 0 Å². The van der Waals surface area contributed by atoms with Gasteiger partial charge in [0.2, 0.25) is 0 Å². The van der Waals surface area contributed by atoms with E-state index < -0.39 is 0 Å². The minimum Gasteiger partial charge on any atom is -0.496 e. The van der Waals surface area contributed by atoms with E-state index in [0.29, 0.717) is 0 Å². The molecular formula is C23H20N2OS2. The molecule has 3 aromatic rings. The first-order valence-electron chi connectivity index (χ1n) is 8.96. The highest BCUT2D eigenvalue weighted by molar-refractivity contribution is 8.13. The molecule has 1 aliphatic heterocycles. The van der Waals surface area contributed by atoms with Gasteiger partial charge in [-0.05, 0) is 42.2 Å². The number of rotatable bonds is 4. The monoisotopic (exact) mass is 404 g/mol. The van der Waals surface area contributed by atoms with E-state index in [9.17, 15) is 0 Å². The Labute approximate surface area is 174 Å². The molecule has 140 valence electrons. The fourth-order valence-corrected chi connectivity index (χ4v) is 4.43. The maximum Gasteiger partial charge on any atom is 0.132 e. The SMILES string of the molecule is COc1ccccc1Sc1ccc2c(c1)N=C(c1ccccc1)CC(SC)=N2. The third kappa shape index (κ3) is 4.16. The number of benzene rings is 3.